The summed E-state index contributed by atoms with van der Waals surface area (Å²) in [7, 11) is 3.82. The maximum Gasteiger partial charge on any atom is 0.230 e. The maximum absolute atomic E-state index is 5.70. The van der Waals surface area contributed by atoms with Gasteiger partial charge in [0.15, 0.2) is 0 Å². The van der Waals surface area contributed by atoms with Gasteiger partial charge in [-0.25, -0.2) is 4.68 Å². The molecule has 0 aliphatic rings. The Morgan fingerprint density at radius 1 is 1.38 bits per heavy atom. The van der Waals surface area contributed by atoms with Crippen LogP contribution in [0.2, 0.25) is 0 Å². The molecule has 0 unspecified atom stereocenters. The molecule has 2 rings (SSSR count). The minimum absolute atomic E-state index is 0.279. The number of furan rings is 1. The van der Waals surface area contributed by atoms with Gasteiger partial charge in [-0.05, 0) is 6.07 Å². The van der Waals surface area contributed by atoms with Crippen LogP contribution < -0.4 is 16.5 Å². The van der Waals surface area contributed by atoms with Crippen LogP contribution in [0.25, 0.3) is 11.1 Å². The Morgan fingerprint density at radius 2 is 2.08 bits per heavy atom. The minimum Gasteiger partial charge on any atom is -0.420 e. The number of fused-ring (bicyclic) bond motifs is 1. The first kappa shape index (κ1) is 7.85. The van der Waals surface area contributed by atoms with Crippen LogP contribution >= 0.6 is 0 Å². The molecule has 0 saturated heterocycles. The van der Waals surface area contributed by atoms with Gasteiger partial charge in [0.2, 0.25) is 11.6 Å². The summed E-state index contributed by atoms with van der Waals surface area (Å²) in [6.45, 7) is 0. The number of nitrogen functional groups attached to an aromatic ring is 2. The lowest BCUT2D eigenvalue weighted by Gasteiger charge is -2.12. The molecule has 0 radical (unpaired) electrons. The fraction of sp³-hybridized carbons (Fsp3) is 0.250. The zero-order chi connectivity index (χ0) is 9.59. The number of hydrogen-bond donors (Lipinski definition) is 2. The van der Waals surface area contributed by atoms with Crippen molar-refractivity contribution >= 4 is 22.7 Å². The Balaban J connectivity index is 2.74. The Labute approximate surface area is 75.5 Å². The predicted octanol–water partition coefficient (Wildman–Crippen LogP) is 0.596. The molecule has 0 aliphatic carbocycles. The third-order valence-electron chi connectivity index (χ3n) is 2.01. The second-order valence-electron chi connectivity index (χ2n) is 3.11. The molecule has 5 heteroatoms. The van der Waals surface area contributed by atoms with Crippen molar-refractivity contribution in [1.29, 1.82) is 0 Å². The SMILES string of the molecule is CN(C)n1ccc2c(N)c(N)oc21. The molecule has 0 atom stereocenters. The molecule has 2 aromatic rings. The van der Waals surface area contributed by atoms with Crippen LogP contribution in [0, 0.1) is 0 Å². The average Bonchev–Trinajstić information content (AvgIpc) is 2.55. The average molecular weight is 180 g/mol. The summed E-state index contributed by atoms with van der Waals surface area (Å²) in [6, 6.07) is 1.88. The second-order valence-corrected chi connectivity index (χ2v) is 3.11. The lowest BCUT2D eigenvalue weighted by Crippen LogP contribution is -2.23. The van der Waals surface area contributed by atoms with E-state index in [4.69, 9.17) is 15.9 Å². The summed E-state index contributed by atoms with van der Waals surface area (Å²) in [4.78, 5) is 0. The standard InChI is InChI=1S/C8H12N4O/c1-11(2)12-4-3-5-6(9)7(10)13-8(5)12/h3-4H,9-10H2,1-2H3. The van der Waals surface area contributed by atoms with Crippen molar-refractivity contribution in [2.45, 2.75) is 0 Å². The van der Waals surface area contributed by atoms with Crippen LogP contribution in [0.15, 0.2) is 16.7 Å². The van der Waals surface area contributed by atoms with Crippen LogP contribution in [-0.2, 0) is 0 Å². The molecule has 5 nitrogen and oxygen atoms in total. The van der Waals surface area contributed by atoms with Gasteiger partial charge in [-0.2, -0.15) is 0 Å². The van der Waals surface area contributed by atoms with Crippen LogP contribution in [-0.4, -0.2) is 18.8 Å². The molecule has 0 aromatic carbocycles. The van der Waals surface area contributed by atoms with E-state index >= 15 is 0 Å². The maximum atomic E-state index is 5.70. The molecule has 0 saturated carbocycles. The molecule has 0 amide bonds. The lowest BCUT2D eigenvalue weighted by molar-refractivity contribution is 0.584. The van der Waals surface area contributed by atoms with Crippen LogP contribution in [0.3, 0.4) is 0 Å². The Morgan fingerprint density at radius 3 is 2.69 bits per heavy atom. The highest BCUT2D eigenvalue weighted by Crippen LogP contribution is 2.30. The summed E-state index contributed by atoms with van der Waals surface area (Å²) < 4.78 is 7.14. The van der Waals surface area contributed by atoms with Gasteiger partial charge in [0.1, 0.15) is 5.69 Å². The summed E-state index contributed by atoms with van der Waals surface area (Å²) in [6.07, 6.45) is 1.88. The molecule has 0 aliphatic heterocycles. The number of aromatic nitrogens is 1. The van der Waals surface area contributed by atoms with Crippen molar-refractivity contribution in [2.75, 3.05) is 30.6 Å². The number of nitrogens with two attached hydrogens (primary N) is 2. The first-order chi connectivity index (χ1) is 6.11. The monoisotopic (exact) mass is 180 g/mol. The normalized spacial score (nSPS) is 10.9. The Hall–Kier alpha value is -1.78. The molecule has 0 spiro atoms. The van der Waals surface area contributed by atoms with Gasteiger partial charge in [-0.15, -0.1) is 0 Å². The van der Waals surface area contributed by atoms with Gasteiger partial charge in [-0.3, -0.25) is 0 Å². The molecule has 13 heavy (non-hydrogen) atoms. The molecule has 0 bridgehead atoms. The third-order valence-corrected chi connectivity index (χ3v) is 2.01. The summed E-state index contributed by atoms with van der Waals surface area (Å²) in [5.74, 6) is 0.279. The number of anilines is 2. The summed E-state index contributed by atoms with van der Waals surface area (Å²) in [5.41, 5.74) is 12.4. The van der Waals surface area contributed by atoms with Gasteiger partial charge in [0.25, 0.3) is 0 Å². The summed E-state index contributed by atoms with van der Waals surface area (Å²) >= 11 is 0. The highest BCUT2D eigenvalue weighted by molar-refractivity contribution is 5.94. The van der Waals surface area contributed by atoms with E-state index in [0.717, 1.165) is 5.39 Å². The smallest absolute Gasteiger partial charge is 0.230 e. The highest BCUT2D eigenvalue weighted by atomic mass is 16.4. The van der Waals surface area contributed by atoms with Crippen LogP contribution in [0.1, 0.15) is 0 Å². The van der Waals surface area contributed by atoms with E-state index in [0.29, 0.717) is 11.4 Å². The van der Waals surface area contributed by atoms with E-state index in [1.54, 1.807) is 0 Å². The predicted molar refractivity (Wildman–Crippen MR) is 53.1 cm³/mol. The van der Waals surface area contributed by atoms with Crippen molar-refractivity contribution in [3.63, 3.8) is 0 Å². The molecular formula is C8H12N4O. The van der Waals surface area contributed by atoms with Crippen molar-refractivity contribution in [3.8, 4) is 0 Å². The fourth-order valence-corrected chi connectivity index (χ4v) is 1.32. The fourth-order valence-electron chi connectivity index (χ4n) is 1.32. The topological polar surface area (TPSA) is 73.3 Å². The van der Waals surface area contributed by atoms with Crippen molar-refractivity contribution in [2.24, 2.45) is 0 Å². The van der Waals surface area contributed by atoms with Gasteiger partial charge in [0.05, 0.1) is 5.39 Å². The van der Waals surface area contributed by atoms with Crippen molar-refractivity contribution < 1.29 is 4.42 Å². The lowest BCUT2D eigenvalue weighted by atomic mass is 10.3. The van der Waals surface area contributed by atoms with E-state index in [1.807, 2.05) is 36.0 Å². The van der Waals surface area contributed by atoms with Gasteiger partial charge >= 0.3 is 0 Å². The Bertz CT molecular complexity index is 440. The molecule has 2 heterocycles. The molecule has 4 N–H and O–H groups in total. The zero-order valence-corrected chi connectivity index (χ0v) is 7.61. The molecule has 70 valence electrons. The molecule has 2 aromatic heterocycles. The summed E-state index contributed by atoms with van der Waals surface area (Å²) in [5, 5.41) is 2.73. The Kier molecular flexibility index (Phi) is 1.42. The quantitative estimate of drug-likeness (QED) is 0.673. The van der Waals surface area contributed by atoms with E-state index in [9.17, 15) is 0 Å². The second kappa shape index (κ2) is 2.35. The van der Waals surface area contributed by atoms with Crippen LogP contribution in [0.4, 0.5) is 11.6 Å². The first-order valence-electron chi connectivity index (χ1n) is 3.93. The number of rotatable bonds is 1. The van der Waals surface area contributed by atoms with Gasteiger partial charge in [-0.1, -0.05) is 0 Å². The first-order valence-corrected chi connectivity index (χ1v) is 3.93. The number of nitrogens with zero attached hydrogens (tertiary/aromatic N) is 2. The largest absolute Gasteiger partial charge is 0.420 e. The van der Waals surface area contributed by atoms with Gasteiger partial charge in [0, 0.05) is 20.3 Å². The minimum atomic E-state index is 0.279. The van der Waals surface area contributed by atoms with E-state index in [1.165, 1.54) is 0 Å². The van der Waals surface area contributed by atoms with Crippen molar-refractivity contribution in [3.05, 3.63) is 12.3 Å². The van der Waals surface area contributed by atoms with Crippen LogP contribution in [0.5, 0.6) is 0 Å². The number of hydrogen-bond acceptors (Lipinski definition) is 4. The van der Waals surface area contributed by atoms with Crippen molar-refractivity contribution in [1.82, 2.24) is 4.68 Å². The third kappa shape index (κ3) is 0.932. The van der Waals surface area contributed by atoms with Gasteiger partial charge < -0.3 is 20.9 Å². The zero-order valence-electron chi connectivity index (χ0n) is 7.61. The highest BCUT2D eigenvalue weighted by Gasteiger charge is 2.12. The van der Waals surface area contributed by atoms with E-state index in [2.05, 4.69) is 0 Å². The van der Waals surface area contributed by atoms with E-state index < -0.39 is 0 Å². The van der Waals surface area contributed by atoms with E-state index in [-0.39, 0.29) is 5.88 Å². The molecule has 0 fully saturated rings. The molecular weight excluding hydrogens is 168 g/mol.